The van der Waals surface area contributed by atoms with Gasteiger partial charge in [-0.2, -0.15) is 0 Å². The molecule has 23 heavy (non-hydrogen) atoms. The summed E-state index contributed by atoms with van der Waals surface area (Å²) in [4.78, 5) is 26.9. The number of nitro benzene ring substituents is 1. The van der Waals surface area contributed by atoms with Gasteiger partial charge in [0.2, 0.25) is 5.91 Å². The molecule has 120 valence electrons. The smallest absolute Gasteiger partial charge is 0.276 e. The van der Waals surface area contributed by atoms with Crippen molar-refractivity contribution in [2.45, 2.75) is 26.3 Å². The molecular weight excluding hydrogens is 314 g/mol. The number of benzene rings is 1. The molecule has 1 heterocycles. The van der Waals surface area contributed by atoms with Gasteiger partial charge in [0, 0.05) is 23.2 Å². The quantitative estimate of drug-likeness (QED) is 0.497. The number of nitro groups is 1. The Balaban J connectivity index is 2.08. The molecule has 1 atom stereocenters. The molecule has 0 aliphatic carbocycles. The molecule has 6 nitrogen and oxygen atoms in total. The third-order valence-electron chi connectivity index (χ3n) is 3.21. The van der Waals surface area contributed by atoms with E-state index in [2.05, 4.69) is 10.3 Å². The van der Waals surface area contributed by atoms with Gasteiger partial charge in [0.1, 0.15) is 5.01 Å². The molecule has 1 amide bonds. The van der Waals surface area contributed by atoms with Gasteiger partial charge in [0.15, 0.2) is 0 Å². The number of carbonyl (C=O) groups is 1. The standard InChI is InChI=1S/C16H17N3O3S/c1-3-13(16-17-11(2)10-23-16)18-15(20)9-8-12-6-4-5-7-14(12)19(21)22/h4-10,13H,3H2,1-2H3,(H,18,20). The molecule has 2 aromatic rings. The highest BCUT2D eigenvalue weighted by atomic mass is 32.1. The molecule has 0 saturated heterocycles. The van der Waals surface area contributed by atoms with Crippen LogP contribution in [0.1, 0.15) is 35.7 Å². The lowest BCUT2D eigenvalue weighted by atomic mass is 10.1. The lowest BCUT2D eigenvalue weighted by Gasteiger charge is -2.12. The first kappa shape index (κ1) is 16.8. The summed E-state index contributed by atoms with van der Waals surface area (Å²) >= 11 is 1.51. The fourth-order valence-electron chi connectivity index (χ4n) is 2.05. The molecule has 2 rings (SSSR count). The van der Waals surface area contributed by atoms with E-state index in [0.717, 1.165) is 17.1 Å². The van der Waals surface area contributed by atoms with Crippen LogP contribution in [0.4, 0.5) is 5.69 Å². The number of aromatic nitrogens is 1. The minimum atomic E-state index is -0.467. The van der Waals surface area contributed by atoms with E-state index in [9.17, 15) is 14.9 Å². The van der Waals surface area contributed by atoms with Crippen molar-refractivity contribution in [2.24, 2.45) is 0 Å². The van der Waals surface area contributed by atoms with E-state index < -0.39 is 4.92 Å². The second kappa shape index (κ2) is 7.64. The molecule has 0 fully saturated rings. The zero-order valence-electron chi connectivity index (χ0n) is 12.9. The topological polar surface area (TPSA) is 85.1 Å². The molecule has 1 N–H and O–H groups in total. The number of carbonyl (C=O) groups excluding carboxylic acids is 1. The van der Waals surface area contributed by atoms with E-state index in [1.165, 1.54) is 29.6 Å². The van der Waals surface area contributed by atoms with E-state index in [1.807, 2.05) is 19.2 Å². The summed E-state index contributed by atoms with van der Waals surface area (Å²) < 4.78 is 0. The number of rotatable bonds is 6. The van der Waals surface area contributed by atoms with E-state index in [-0.39, 0.29) is 17.6 Å². The highest BCUT2D eigenvalue weighted by Crippen LogP contribution is 2.21. The van der Waals surface area contributed by atoms with Crippen LogP contribution < -0.4 is 5.32 Å². The Morgan fingerprint density at radius 2 is 2.22 bits per heavy atom. The monoisotopic (exact) mass is 331 g/mol. The highest BCUT2D eigenvalue weighted by Gasteiger charge is 2.15. The summed E-state index contributed by atoms with van der Waals surface area (Å²) in [6.07, 6.45) is 3.48. The fraction of sp³-hybridized carbons (Fsp3) is 0.250. The molecule has 7 heteroatoms. The Bertz CT molecular complexity index is 740. The molecule has 0 bridgehead atoms. The zero-order chi connectivity index (χ0) is 16.8. The summed E-state index contributed by atoms with van der Waals surface area (Å²) in [6, 6.07) is 6.14. The Kier molecular flexibility index (Phi) is 5.59. The maximum atomic E-state index is 12.1. The van der Waals surface area contributed by atoms with Crippen molar-refractivity contribution in [3.63, 3.8) is 0 Å². The van der Waals surface area contributed by atoms with Crippen LogP contribution in [0.15, 0.2) is 35.7 Å². The predicted octanol–water partition coefficient (Wildman–Crippen LogP) is 3.64. The first-order chi connectivity index (χ1) is 11.0. The van der Waals surface area contributed by atoms with Gasteiger partial charge in [-0.25, -0.2) is 4.98 Å². The second-order valence-electron chi connectivity index (χ2n) is 4.95. The SMILES string of the molecule is CCC(NC(=O)C=Cc1ccccc1[N+](=O)[O-])c1nc(C)cs1. The molecule has 0 aliphatic heterocycles. The van der Waals surface area contributed by atoms with Crippen LogP contribution in [0.5, 0.6) is 0 Å². The van der Waals surface area contributed by atoms with Crippen LogP contribution in [0.2, 0.25) is 0 Å². The number of amides is 1. The van der Waals surface area contributed by atoms with Crippen LogP contribution in [0.3, 0.4) is 0 Å². The molecule has 0 saturated carbocycles. The summed E-state index contributed by atoms with van der Waals surface area (Å²) in [5, 5.41) is 16.6. The molecule has 0 spiro atoms. The van der Waals surface area contributed by atoms with Crippen molar-refractivity contribution in [3.05, 3.63) is 62.1 Å². The molecule has 1 aromatic heterocycles. The average molecular weight is 331 g/mol. The number of para-hydroxylation sites is 1. The maximum absolute atomic E-state index is 12.1. The Hall–Kier alpha value is -2.54. The van der Waals surface area contributed by atoms with E-state index in [4.69, 9.17) is 0 Å². The zero-order valence-corrected chi connectivity index (χ0v) is 13.7. The lowest BCUT2D eigenvalue weighted by Crippen LogP contribution is -2.26. The number of thiazole rings is 1. The van der Waals surface area contributed by atoms with Crippen LogP contribution >= 0.6 is 11.3 Å². The predicted molar refractivity (Wildman–Crippen MR) is 90.2 cm³/mol. The molecule has 0 radical (unpaired) electrons. The lowest BCUT2D eigenvalue weighted by molar-refractivity contribution is -0.385. The summed E-state index contributed by atoms with van der Waals surface area (Å²) in [5.74, 6) is -0.303. The fourth-order valence-corrected chi connectivity index (χ4v) is 2.98. The number of hydrogen-bond donors (Lipinski definition) is 1. The van der Waals surface area contributed by atoms with Crippen molar-refractivity contribution in [1.82, 2.24) is 10.3 Å². The first-order valence-corrected chi connectivity index (χ1v) is 8.03. The van der Waals surface area contributed by atoms with Crippen molar-refractivity contribution in [3.8, 4) is 0 Å². The van der Waals surface area contributed by atoms with Gasteiger partial charge in [-0.05, 0) is 25.5 Å². The summed E-state index contributed by atoms with van der Waals surface area (Å²) in [5.41, 5.74) is 1.29. The van der Waals surface area contributed by atoms with E-state index in [0.29, 0.717) is 5.56 Å². The minimum Gasteiger partial charge on any atom is -0.343 e. The molecular formula is C16H17N3O3S. The molecule has 1 aromatic carbocycles. The van der Waals surface area contributed by atoms with Gasteiger partial charge < -0.3 is 5.32 Å². The van der Waals surface area contributed by atoms with Crippen molar-refractivity contribution < 1.29 is 9.72 Å². The van der Waals surface area contributed by atoms with Gasteiger partial charge in [0.05, 0.1) is 16.5 Å². The second-order valence-corrected chi connectivity index (χ2v) is 5.84. The van der Waals surface area contributed by atoms with E-state index in [1.54, 1.807) is 18.2 Å². The van der Waals surface area contributed by atoms with Gasteiger partial charge in [-0.3, -0.25) is 14.9 Å². The van der Waals surface area contributed by atoms with Crippen molar-refractivity contribution in [1.29, 1.82) is 0 Å². The van der Waals surface area contributed by atoms with E-state index >= 15 is 0 Å². The van der Waals surface area contributed by atoms with Gasteiger partial charge in [-0.15, -0.1) is 11.3 Å². The summed E-state index contributed by atoms with van der Waals surface area (Å²) in [7, 11) is 0. The third-order valence-corrected chi connectivity index (χ3v) is 4.28. The van der Waals surface area contributed by atoms with Gasteiger partial charge in [0.25, 0.3) is 5.69 Å². The normalized spacial score (nSPS) is 12.3. The number of nitrogens with one attached hydrogen (secondary N) is 1. The third kappa shape index (κ3) is 4.46. The maximum Gasteiger partial charge on any atom is 0.276 e. The van der Waals surface area contributed by atoms with Crippen molar-refractivity contribution >= 4 is 29.0 Å². The summed E-state index contributed by atoms with van der Waals surface area (Å²) in [6.45, 7) is 3.87. The Morgan fingerprint density at radius 3 is 2.83 bits per heavy atom. The average Bonchev–Trinajstić information content (AvgIpc) is 2.97. The number of hydrogen-bond acceptors (Lipinski definition) is 5. The molecule has 1 unspecified atom stereocenters. The molecule has 0 aliphatic rings. The van der Waals surface area contributed by atoms with Crippen LogP contribution in [-0.4, -0.2) is 15.8 Å². The van der Waals surface area contributed by atoms with Crippen LogP contribution in [0.25, 0.3) is 6.08 Å². The van der Waals surface area contributed by atoms with Gasteiger partial charge >= 0.3 is 0 Å². The van der Waals surface area contributed by atoms with Gasteiger partial charge in [-0.1, -0.05) is 19.1 Å². The minimum absolute atomic E-state index is 0.0286. The largest absolute Gasteiger partial charge is 0.343 e. The Labute approximate surface area is 138 Å². The van der Waals surface area contributed by atoms with Crippen molar-refractivity contribution in [2.75, 3.05) is 0 Å². The van der Waals surface area contributed by atoms with Crippen LogP contribution in [-0.2, 0) is 4.79 Å². The first-order valence-electron chi connectivity index (χ1n) is 7.15. The highest BCUT2D eigenvalue weighted by molar-refractivity contribution is 7.09. The van der Waals surface area contributed by atoms with Crippen LogP contribution in [0, 0.1) is 17.0 Å². The Morgan fingerprint density at radius 1 is 1.48 bits per heavy atom. The number of aryl methyl sites for hydroxylation is 1. The number of nitrogens with zero attached hydrogens (tertiary/aromatic N) is 2.